The molecule has 0 bridgehead atoms. The van der Waals surface area contributed by atoms with E-state index in [0.29, 0.717) is 6.54 Å². The number of amides is 1. The first kappa shape index (κ1) is 12.8. The van der Waals surface area contributed by atoms with Crippen molar-refractivity contribution in [2.45, 2.75) is 20.8 Å². The molecule has 18 heavy (non-hydrogen) atoms. The van der Waals surface area contributed by atoms with Crippen LogP contribution in [0.15, 0.2) is 35.7 Å². The lowest BCUT2D eigenvalue weighted by atomic mass is 10.2. The molecular weight excluding hydrogens is 242 g/mol. The van der Waals surface area contributed by atoms with Gasteiger partial charge in [-0.25, -0.2) is 0 Å². The van der Waals surface area contributed by atoms with Crippen LogP contribution < -0.4 is 4.90 Å². The first-order valence-electron chi connectivity index (χ1n) is 6.06. The predicted octanol–water partition coefficient (Wildman–Crippen LogP) is 4.03. The van der Waals surface area contributed by atoms with Crippen molar-refractivity contribution in [2.24, 2.45) is 0 Å². The lowest BCUT2D eigenvalue weighted by Crippen LogP contribution is -2.30. The van der Waals surface area contributed by atoms with Crippen molar-refractivity contribution in [3.63, 3.8) is 0 Å². The Hall–Kier alpha value is -1.61. The van der Waals surface area contributed by atoms with Gasteiger partial charge in [0, 0.05) is 12.2 Å². The second kappa shape index (κ2) is 5.36. The summed E-state index contributed by atoms with van der Waals surface area (Å²) in [5.41, 5.74) is 3.19. The number of hydrogen-bond donors (Lipinski definition) is 0. The van der Waals surface area contributed by atoms with E-state index in [1.165, 1.54) is 16.9 Å². The number of anilines is 1. The normalized spacial score (nSPS) is 10.4. The first-order chi connectivity index (χ1) is 8.63. The maximum atomic E-state index is 12.5. The number of carbonyl (C=O) groups is 1. The van der Waals surface area contributed by atoms with Crippen LogP contribution in [0, 0.1) is 13.8 Å². The molecule has 1 amide bonds. The fourth-order valence-electron chi connectivity index (χ4n) is 1.95. The first-order valence-corrected chi connectivity index (χ1v) is 6.94. The molecule has 0 spiro atoms. The highest BCUT2D eigenvalue weighted by Crippen LogP contribution is 2.23. The van der Waals surface area contributed by atoms with Gasteiger partial charge in [0.15, 0.2) is 0 Å². The Morgan fingerprint density at radius 3 is 2.61 bits per heavy atom. The zero-order valence-electron chi connectivity index (χ0n) is 10.9. The van der Waals surface area contributed by atoms with Crippen LogP contribution in [0.5, 0.6) is 0 Å². The monoisotopic (exact) mass is 259 g/mol. The molecule has 0 aliphatic carbocycles. The third-order valence-electron chi connectivity index (χ3n) is 2.93. The fraction of sp³-hybridized carbons (Fsp3) is 0.267. The number of carbonyl (C=O) groups excluding carboxylic acids is 1. The molecule has 0 N–H and O–H groups in total. The highest BCUT2D eigenvalue weighted by atomic mass is 32.1. The smallest absolute Gasteiger partial charge is 0.268 e. The maximum Gasteiger partial charge on any atom is 0.268 e. The van der Waals surface area contributed by atoms with Gasteiger partial charge in [-0.2, -0.15) is 0 Å². The van der Waals surface area contributed by atoms with E-state index >= 15 is 0 Å². The third kappa shape index (κ3) is 2.46. The van der Waals surface area contributed by atoms with Crippen molar-refractivity contribution in [3.8, 4) is 0 Å². The number of aryl methyl sites for hydroxylation is 2. The van der Waals surface area contributed by atoms with Crippen LogP contribution in [-0.4, -0.2) is 12.5 Å². The summed E-state index contributed by atoms with van der Waals surface area (Å²) in [4.78, 5) is 15.2. The van der Waals surface area contributed by atoms with Gasteiger partial charge >= 0.3 is 0 Å². The Labute approximate surface area is 112 Å². The summed E-state index contributed by atoms with van der Waals surface area (Å²) in [5.74, 6) is 0.0931. The molecule has 0 saturated heterocycles. The minimum atomic E-state index is 0.0931. The summed E-state index contributed by atoms with van der Waals surface area (Å²) in [6.45, 7) is 6.70. The van der Waals surface area contributed by atoms with Gasteiger partial charge in [0.25, 0.3) is 5.91 Å². The minimum Gasteiger partial charge on any atom is -0.308 e. The van der Waals surface area contributed by atoms with E-state index in [4.69, 9.17) is 0 Å². The van der Waals surface area contributed by atoms with Gasteiger partial charge in [-0.3, -0.25) is 4.79 Å². The van der Waals surface area contributed by atoms with Gasteiger partial charge < -0.3 is 4.90 Å². The topological polar surface area (TPSA) is 20.3 Å². The highest BCUT2D eigenvalue weighted by Gasteiger charge is 2.18. The van der Waals surface area contributed by atoms with Crippen LogP contribution in [0.3, 0.4) is 0 Å². The van der Waals surface area contributed by atoms with E-state index in [-0.39, 0.29) is 5.91 Å². The van der Waals surface area contributed by atoms with Gasteiger partial charge in [-0.15, -0.1) is 11.3 Å². The molecule has 94 valence electrons. The van der Waals surface area contributed by atoms with Gasteiger partial charge in [0.2, 0.25) is 0 Å². The molecule has 0 unspecified atom stereocenters. The summed E-state index contributed by atoms with van der Waals surface area (Å²) in [6.07, 6.45) is 0. The van der Waals surface area contributed by atoms with Crippen LogP contribution in [0.1, 0.15) is 27.7 Å². The van der Waals surface area contributed by atoms with Crippen molar-refractivity contribution in [1.82, 2.24) is 0 Å². The SMILES string of the molecule is CCN(C(=O)c1sccc1C)c1cccc(C)c1. The molecule has 2 aromatic rings. The van der Waals surface area contributed by atoms with Crippen LogP contribution in [0.4, 0.5) is 5.69 Å². The number of benzene rings is 1. The van der Waals surface area contributed by atoms with E-state index in [9.17, 15) is 4.79 Å². The number of nitrogens with zero attached hydrogens (tertiary/aromatic N) is 1. The lowest BCUT2D eigenvalue weighted by molar-refractivity contribution is 0.0991. The van der Waals surface area contributed by atoms with Crippen LogP contribution >= 0.6 is 11.3 Å². The van der Waals surface area contributed by atoms with Gasteiger partial charge in [-0.05, 0) is 55.5 Å². The van der Waals surface area contributed by atoms with Gasteiger partial charge in [0.05, 0.1) is 4.88 Å². The number of thiophene rings is 1. The zero-order valence-corrected chi connectivity index (χ0v) is 11.8. The zero-order chi connectivity index (χ0) is 13.1. The van der Waals surface area contributed by atoms with E-state index in [0.717, 1.165) is 16.1 Å². The molecule has 0 aliphatic rings. The summed E-state index contributed by atoms with van der Waals surface area (Å²) in [5, 5.41) is 1.96. The maximum absolute atomic E-state index is 12.5. The summed E-state index contributed by atoms with van der Waals surface area (Å²) in [7, 11) is 0. The van der Waals surface area contributed by atoms with Crippen molar-refractivity contribution < 1.29 is 4.79 Å². The summed E-state index contributed by atoms with van der Waals surface area (Å²) < 4.78 is 0. The van der Waals surface area contributed by atoms with E-state index in [1.807, 2.05) is 61.4 Å². The molecule has 0 radical (unpaired) electrons. The Kier molecular flexibility index (Phi) is 3.82. The molecule has 2 nitrogen and oxygen atoms in total. The molecule has 0 aliphatic heterocycles. The van der Waals surface area contributed by atoms with Gasteiger partial charge in [0.1, 0.15) is 0 Å². The Morgan fingerprint density at radius 1 is 1.28 bits per heavy atom. The molecule has 1 aromatic carbocycles. The van der Waals surface area contributed by atoms with Crippen molar-refractivity contribution in [3.05, 3.63) is 51.7 Å². The van der Waals surface area contributed by atoms with Gasteiger partial charge in [-0.1, -0.05) is 12.1 Å². The average Bonchev–Trinajstić information content (AvgIpc) is 2.76. The summed E-state index contributed by atoms with van der Waals surface area (Å²) in [6, 6.07) is 10.0. The Bertz CT molecular complexity index is 559. The average molecular weight is 259 g/mol. The second-order valence-corrected chi connectivity index (χ2v) is 5.24. The molecule has 0 atom stereocenters. The molecule has 0 saturated carbocycles. The Balaban J connectivity index is 2.35. The third-order valence-corrected chi connectivity index (χ3v) is 3.94. The van der Waals surface area contributed by atoms with Crippen molar-refractivity contribution >= 4 is 22.9 Å². The standard InChI is InChI=1S/C15H17NOS/c1-4-16(13-7-5-6-11(2)10-13)15(17)14-12(3)8-9-18-14/h5-10H,4H2,1-3H3. The second-order valence-electron chi connectivity index (χ2n) is 4.32. The van der Waals surface area contributed by atoms with Crippen molar-refractivity contribution in [2.75, 3.05) is 11.4 Å². The minimum absolute atomic E-state index is 0.0931. The quantitative estimate of drug-likeness (QED) is 0.815. The van der Waals surface area contributed by atoms with Crippen LogP contribution in [0.2, 0.25) is 0 Å². The van der Waals surface area contributed by atoms with Crippen molar-refractivity contribution in [1.29, 1.82) is 0 Å². The molecule has 3 heteroatoms. The molecule has 1 aromatic heterocycles. The summed E-state index contributed by atoms with van der Waals surface area (Å²) >= 11 is 1.51. The van der Waals surface area contributed by atoms with E-state index < -0.39 is 0 Å². The molecule has 1 heterocycles. The van der Waals surface area contributed by atoms with Crippen LogP contribution in [-0.2, 0) is 0 Å². The number of hydrogen-bond acceptors (Lipinski definition) is 2. The predicted molar refractivity (Wildman–Crippen MR) is 77.6 cm³/mol. The van der Waals surface area contributed by atoms with E-state index in [2.05, 4.69) is 0 Å². The largest absolute Gasteiger partial charge is 0.308 e. The Morgan fingerprint density at radius 2 is 2.06 bits per heavy atom. The van der Waals surface area contributed by atoms with Crippen LogP contribution in [0.25, 0.3) is 0 Å². The molecule has 0 fully saturated rings. The molecule has 2 rings (SSSR count). The highest BCUT2D eigenvalue weighted by molar-refractivity contribution is 7.12. The fourth-order valence-corrected chi connectivity index (χ4v) is 2.83. The van der Waals surface area contributed by atoms with E-state index in [1.54, 1.807) is 0 Å². The molecular formula is C15H17NOS. The number of rotatable bonds is 3. The lowest BCUT2D eigenvalue weighted by Gasteiger charge is -2.21.